The molecule has 0 aliphatic carbocycles. The van der Waals surface area contributed by atoms with Gasteiger partial charge in [-0.3, -0.25) is 0 Å². The highest BCUT2D eigenvalue weighted by Crippen LogP contribution is 2.13. The third-order valence-corrected chi connectivity index (χ3v) is 2.56. The number of methoxy groups -OCH3 is 1. The zero-order valence-corrected chi connectivity index (χ0v) is 10.6. The van der Waals surface area contributed by atoms with Crippen molar-refractivity contribution in [3.05, 3.63) is 17.7 Å². The molecule has 0 fully saturated rings. The molecular formula is C11H16N2OSi. The van der Waals surface area contributed by atoms with E-state index in [1.807, 2.05) is 6.07 Å². The number of rotatable bonds is 1. The number of hydrogen-bond acceptors (Lipinski definition) is 3. The molecule has 3 nitrogen and oxygen atoms in total. The largest absolute Gasteiger partial charge is 0.481 e. The number of nitrogen functional groups attached to an aromatic ring is 1. The van der Waals surface area contributed by atoms with Crippen LogP contribution in [-0.4, -0.2) is 20.2 Å². The number of aromatic nitrogens is 1. The molecule has 2 N–H and O–H groups in total. The van der Waals surface area contributed by atoms with E-state index >= 15 is 0 Å². The van der Waals surface area contributed by atoms with E-state index in [9.17, 15) is 0 Å². The van der Waals surface area contributed by atoms with Gasteiger partial charge in [-0.25, -0.2) is 0 Å². The van der Waals surface area contributed by atoms with Crippen molar-refractivity contribution >= 4 is 13.9 Å². The lowest BCUT2D eigenvalue weighted by Gasteiger charge is -2.04. The van der Waals surface area contributed by atoms with Crippen molar-refractivity contribution < 1.29 is 4.74 Å². The van der Waals surface area contributed by atoms with Crippen molar-refractivity contribution in [3.63, 3.8) is 0 Å². The Balaban J connectivity index is 3.01. The molecule has 80 valence electrons. The van der Waals surface area contributed by atoms with Gasteiger partial charge in [0.05, 0.1) is 12.7 Å². The molecule has 0 aliphatic heterocycles. The first-order valence-electron chi connectivity index (χ1n) is 4.76. The Labute approximate surface area is 91.7 Å². The van der Waals surface area contributed by atoms with Crippen molar-refractivity contribution in [1.29, 1.82) is 0 Å². The maximum Gasteiger partial charge on any atom is 0.214 e. The van der Waals surface area contributed by atoms with Crippen LogP contribution in [0.2, 0.25) is 19.6 Å². The van der Waals surface area contributed by atoms with E-state index in [1.165, 1.54) is 0 Å². The van der Waals surface area contributed by atoms with E-state index in [0.717, 1.165) is 5.56 Å². The predicted molar refractivity (Wildman–Crippen MR) is 65.4 cm³/mol. The predicted octanol–water partition coefficient (Wildman–Crippen LogP) is 1.90. The lowest BCUT2D eigenvalue weighted by molar-refractivity contribution is 0.398. The molecule has 1 aromatic rings. The lowest BCUT2D eigenvalue weighted by Crippen LogP contribution is -2.16. The highest BCUT2D eigenvalue weighted by atomic mass is 28.3. The standard InChI is InChI=1S/C11H16N2OSi/c1-14-10-6-5-9(11(12)13-10)7-8-15(2,3)4/h5-6H,1-4H3,(H2,12,13). The van der Waals surface area contributed by atoms with Gasteiger partial charge >= 0.3 is 0 Å². The van der Waals surface area contributed by atoms with Gasteiger partial charge in [-0.1, -0.05) is 25.6 Å². The zero-order valence-electron chi connectivity index (χ0n) is 9.59. The molecule has 0 bridgehead atoms. The Morgan fingerprint density at radius 3 is 2.47 bits per heavy atom. The minimum Gasteiger partial charge on any atom is -0.481 e. The third-order valence-electron chi connectivity index (χ3n) is 1.68. The first-order valence-corrected chi connectivity index (χ1v) is 8.26. The minimum absolute atomic E-state index is 0.431. The second-order valence-corrected chi connectivity index (χ2v) is 9.04. The molecule has 0 atom stereocenters. The Morgan fingerprint density at radius 1 is 1.33 bits per heavy atom. The Bertz CT molecular complexity index is 413. The summed E-state index contributed by atoms with van der Waals surface area (Å²) in [6.07, 6.45) is 0. The summed E-state index contributed by atoms with van der Waals surface area (Å²) in [5.74, 6) is 4.02. The van der Waals surface area contributed by atoms with Gasteiger partial charge in [0.15, 0.2) is 0 Å². The van der Waals surface area contributed by atoms with Crippen LogP contribution in [0.4, 0.5) is 5.82 Å². The molecule has 1 rings (SSSR count). The van der Waals surface area contributed by atoms with Gasteiger partial charge in [0, 0.05) is 6.07 Å². The average molecular weight is 220 g/mol. The Kier molecular flexibility index (Phi) is 3.38. The Hall–Kier alpha value is -1.47. The first kappa shape index (κ1) is 11.6. The summed E-state index contributed by atoms with van der Waals surface area (Å²) >= 11 is 0. The fourth-order valence-electron chi connectivity index (χ4n) is 0.930. The van der Waals surface area contributed by atoms with Crippen LogP contribution < -0.4 is 10.5 Å². The van der Waals surface area contributed by atoms with E-state index in [1.54, 1.807) is 13.2 Å². The quantitative estimate of drug-likeness (QED) is 0.581. The maximum atomic E-state index is 5.75. The van der Waals surface area contributed by atoms with Crippen LogP contribution in [0.15, 0.2) is 12.1 Å². The molecule has 0 radical (unpaired) electrons. The van der Waals surface area contributed by atoms with Gasteiger partial charge in [0.1, 0.15) is 13.9 Å². The summed E-state index contributed by atoms with van der Waals surface area (Å²) in [5.41, 5.74) is 9.77. The van der Waals surface area contributed by atoms with E-state index in [2.05, 4.69) is 36.1 Å². The number of anilines is 1. The van der Waals surface area contributed by atoms with Crippen molar-refractivity contribution in [2.45, 2.75) is 19.6 Å². The fourth-order valence-corrected chi connectivity index (χ4v) is 1.44. The number of nitrogens with zero attached hydrogens (tertiary/aromatic N) is 1. The summed E-state index contributed by atoms with van der Waals surface area (Å²) in [6.45, 7) is 6.56. The number of hydrogen-bond donors (Lipinski definition) is 1. The molecular weight excluding hydrogens is 204 g/mol. The second kappa shape index (κ2) is 4.37. The highest BCUT2D eigenvalue weighted by Gasteiger charge is 2.08. The molecule has 1 heterocycles. The molecule has 0 aromatic carbocycles. The van der Waals surface area contributed by atoms with Crippen LogP contribution in [0.25, 0.3) is 0 Å². The van der Waals surface area contributed by atoms with Crippen LogP contribution in [0.5, 0.6) is 5.88 Å². The summed E-state index contributed by atoms with van der Waals surface area (Å²) in [6, 6.07) is 3.61. The van der Waals surface area contributed by atoms with E-state index in [-0.39, 0.29) is 0 Å². The smallest absolute Gasteiger partial charge is 0.214 e. The van der Waals surface area contributed by atoms with Crippen molar-refractivity contribution in [2.24, 2.45) is 0 Å². The monoisotopic (exact) mass is 220 g/mol. The zero-order chi connectivity index (χ0) is 11.5. The van der Waals surface area contributed by atoms with Crippen molar-refractivity contribution in [2.75, 3.05) is 12.8 Å². The van der Waals surface area contributed by atoms with Crippen LogP contribution in [-0.2, 0) is 0 Å². The second-order valence-electron chi connectivity index (χ2n) is 4.29. The number of nitrogens with two attached hydrogens (primary N) is 1. The van der Waals surface area contributed by atoms with Crippen molar-refractivity contribution in [1.82, 2.24) is 4.98 Å². The molecule has 15 heavy (non-hydrogen) atoms. The maximum absolute atomic E-state index is 5.75. The van der Waals surface area contributed by atoms with Crippen LogP contribution in [0.3, 0.4) is 0 Å². The molecule has 1 aromatic heterocycles. The number of pyridine rings is 1. The van der Waals surface area contributed by atoms with Crippen LogP contribution in [0, 0.1) is 11.5 Å². The minimum atomic E-state index is -1.36. The van der Waals surface area contributed by atoms with E-state index in [4.69, 9.17) is 10.5 Å². The molecule has 4 heteroatoms. The van der Waals surface area contributed by atoms with Gasteiger partial charge in [-0.2, -0.15) is 4.98 Å². The molecule has 0 unspecified atom stereocenters. The van der Waals surface area contributed by atoms with Gasteiger partial charge in [-0.15, -0.1) is 5.54 Å². The van der Waals surface area contributed by atoms with Gasteiger partial charge in [0.2, 0.25) is 5.88 Å². The van der Waals surface area contributed by atoms with Crippen LogP contribution in [0.1, 0.15) is 5.56 Å². The van der Waals surface area contributed by atoms with E-state index in [0.29, 0.717) is 11.7 Å². The van der Waals surface area contributed by atoms with E-state index < -0.39 is 8.07 Å². The summed E-state index contributed by atoms with van der Waals surface area (Å²) in [4.78, 5) is 4.06. The van der Waals surface area contributed by atoms with Gasteiger partial charge < -0.3 is 10.5 Å². The molecule has 0 aliphatic rings. The number of ether oxygens (including phenoxy) is 1. The first-order chi connectivity index (χ1) is 6.92. The van der Waals surface area contributed by atoms with Crippen LogP contribution >= 0.6 is 0 Å². The molecule has 0 spiro atoms. The highest BCUT2D eigenvalue weighted by molar-refractivity contribution is 6.83. The summed E-state index contributed by atoms with van der Waals surface area (Å²) in [5, 5.41) is 0. The lowest BCUT2D eigenvalue weighted by atomic mass is 10.3. The summed E-state index contributed by atoms with van der Waals surface area (Å²) in [7, 11) is 0.204. The molecule has 0 saturated heterocycles. The van der Waals surface area contributed by atoms with Crippen molar-refractivity contribution in [3.8, 4) is 17.3 Å². The third kappa shape index (κ3) is 3.64. The fraction of sp³-hybridized carbons (Fsp3) is 0.364. The topological polar surface area (TPSA) is 48.1 Å². The molecule has 0 amide bonds. The Morgan fingerprint density at radius 2 is 2.00 bits per heavy atom. The normalized spacial score (nSPS) is 10.4. The average Bonchev–Trinajstić information content (AvgIpc) is 2.14. The SMILES string of the molecule is COc1ccc(C#C[Si](C)(C)C)c(N)n1. The molecule has 0 saturated carbocycles. The summed E-state index contributed by atoms with van der Waals surface area (Å²) < 4.78 is 4.96. The van der Waals surface area contributed by atoms with Gasteiger partial charge in [-0.05, 0) is 6.07 Å². The van der Waals surface area contributed by atoms with Gasteiger partial charge in [0.25, 0.3) is 0 Å².